The van der Waals surface area contributed by atoms with Crippen LogP contribution in [0.2, 0.25) is 10.0 Å². The minimum absolute atomic E-state index is 0.00783. The second-order valence-corrected chi connectivity index (χ2v) is 10.9. The van der Waals surface area contributed by atoms with Gasteiger partial charge in [0.15, 0.2) is 5.78 Å². The number of Topliss-reactive ketones (excluding diaryl/α,β-unsaturated/α-hetero) is 1. The third-order valence-corrected chi connectivity index (χ3v) is 6.75. The fourth-order valence-electron chi connectivity index (χ4n) is 3.76. The molecule has 2 heterocycles. The van der Waals surface area contributed by atoms with E-state index in [2.05, 4.69) is 20.6 Å². The number of carbonyl (C=O) groups is 2. The van der Waals surface area contributed by atoms with Gasteiger partial charge >= 0.3 is 6.03 Å². The van der Waals surface area contributed by atoms with Gasteiger partial charge in [0.05, 0.1) is 35.6 Å². The Hall–Kier alpha value is -4.19. The number of ether oxygens (including phenoxy) is 3. The van der Waals surface area contributed by atoms with Gasteiger partial charge in [0.2, 0.25) is 5.88 Å². The number of methoxy groups -OCH3 is 2. The number of aromatic nitrogens is 4. The quantitative estimate of drug-likeness (QED) is 0.208. The molecule has 13 heteroatoms. The first kappa shape index (κ1) is 30.8. The van der Waals surface area contributed by atoms with Gasteiger partial charge in [-0.25, -0.2) is 14.5 Å². The molecule has 0 aliphatic rings. The fourth-order valence-corrected chi connectivity index (χ4v) is 4.16. The van der Waals surface area contributed by atoms with E-state index < -0.39 is 6.03 Å². The lowest BCUT2D eigenvalue weighted by molar-refractivity contribution is -0.122. The van der Waals surface area contributed by atoms with E-state index in [0.29, 0.717) is 11.6 Å². The van der Waals surface area contributed by atoms with E-state index in [1.54, 1.807) is 23.9 Å². The molecule has 0 bridgehead atoms. The summed E-state index contributed by atoms with van der Waals surface area (Å²) >= 11 is 13.0. The smallest absolute Gasteiger partial charge is 0.324 e. The van der Waals surface area contributed by atoms with Crippen LogP contribution in [0.5, 0.6) is 17.4 Å². The summed E-state index contributed by atoms with van der Waals surface area (Å²) in [5.41, 5.74) is 1.51. The van der Waals surface area contributed by atoms with E-state index in [-0.39, 0.29) is 57.4 Å². The Morgan fingerprint density at radius 1 is 0.976 bits per heavy atom. The Kier molecular flexibility index (Phi) is 9.66. The standard InChI is InChI=1S/C29H30Cl2N6O5/c1-29(2,3)22-15-24(37(36-22)17-6-8-19(41-5)9-7-17)35-28(39)33-20-10-11-21(27(31)26(20)30)42-25-12-13-32-23(34-25)14-18(38)16-40-4/h6-13,15H,14,16H2,1-5H3,(H2,33,35,39). The summed E-state index contributed by atoms with van der Waals surface area (Å²) in [5, 5.41) is 10.4. The Morgan fingerprint density at radius 2 is 1.71 bits per heavy atom. The molecule has 11 nitrogen and oxygen atoms in total. The molecule has 0 unspecified atom stereocenters. The number of ketones is 1. The molecule has 0 atom stereocenters. The number of rotatable bonds is 10. The topological polar surface area (TPSA) is 129 Å². The van der Waals surface area contributed by atoms with E-state index in [4.69, 9.17) is 42.5 Å². The highest BCUT2D eigenvalue weighted by Crippen LogP contribution is 2.39. The van der Waals surface area contributed by atoms with Crippen molar-refractivity contribution in [3.8, 4) is 23.1 Å². The van der Waals surface area contributed by atoms with Crippen molar-refractivity contribution in [2.24, 2.45) is 0 Å². The molecule has 0 fully saturated rings. The molecule has 0 saturated heterocycles. The highest BCUT2D eigenvalue weighted by molar-refractivity contribution is 6.45. The number of hydrogen-bond acceptors (Lipinski definition) is 8. The normalized spacial score (nSPS) is 11.2. The van der Waals surface area contributed by atoms with Gasteiger partial charge in [-0.05, 0) is 36.4 Å². The zero-order valence-electron chi connectivity index (χ0n) is 23.7. The Labute approximate surface area is 253 Å². The average molecular weight is 614 g/mol. The van der Waals surface area contributed by atoms with Crippen LogP contribution in [-0.4, -0.2) is 52.4 Å². The van der Waals surface area contributed by atoms with Crippen LogP contribution in [0, 0.1) is 0 Å². The predicted octanol–water partition coefficient (Wildman–Crippen LogP) is 6.47. The van der Waals surface area contributed by atoms with Crippen molar-refractivity contribution in [1.82, 2.24) is 19.7 Å². The molecule has 0 saturated carbocycles. The fraction of sp³-hybridized carbons (Fsp3) is 0.276. The summed E-state index contributed by atoms with van der Waals surface area (Å²) < 4.78 is 17.5. The van der Waals surface area contributed by atoms with Gasteiger partial charge < -0.3 is 19.5 Å². The van der Waals surface area contributed by atoms with Gasteiger partial charge in [0, 0.05) is 30.9 Å². The van der Waals surface area contributed by atoms with Gasteiger partial charge in [-0.15, -0.1) is 0 Å². The molecule has 220 valence electrons. The number of urea groups is 1. The predicted molar refractivity (Wildman–Crippen MR) is 161 cm³/mol. The molecule has 2 aromatic carbocycles. The van der Waals surface area contributed by atoms with Crippen LogP contribution in [0.25, 0.3) is 5.69 Å². The molecule has 0 aliphatic heterocycles. The zero-order chi connectivity index (χ0) is 30.4. The molecule has 2 N–H and O–H groups in total. The van der Waals surface area contributed by atoms with E-state index in [9.17, 15) is 9.59 Å². The van der Waals surface area contributed by atoms with Gasteiger partial charge in [0.1, 0.15) is 34.8 Å². The Bertz CT molecular complexity index is 1580. The highest BCUT2D eigenvalue weighted by Gasteiger charge is 2.22. The van der Waals surface area contributed by atoms with Crippen LogP contribution in [0.4, 0.5) is 16.3 Å². The molecule has 2 amide bonds. The van der Waals surface area contributed by atoms with Crippen molar-refractivity contribution in [2.45, 2.75) is 32.6 Å². The first-order chi connectivity index (χ1) is 20.0. The van der Waals surface area contributed by atoms with Crippen molar-refractivity contribution in [2.75, 3.05) is 31.5 Å². The number of amides is 2. The second-order valence-electron chi connectivity index (χ2n) is 10.2. The summed E-state index contributed by atoms with van der Waals surface area (Å²) in [6.07, 6.45) is 1.46. The lowest BCUT2D eigenvalue weighted by Crippen LogP contribution is -2.21. The third-order valence-electron chi connectivity index (χ3n) is 5.89. The van der Waals surface area contributed by atoms with Crippen LogP contribution in [0.3, 0.4) is 0 Å². The number of hydrogen-bond donors (Lipinski definition) is 2. The van der Waals surface area contributed by atoms with Gasteiger partial charge in [0.25, 0.3) is 0 Å². The molecule has 0 aliphatic carbocycles. The summed E-state index contributed by atoms with van der Waals surface area (Å²) in [7, 11) is 3.03. The maximum absolute atomic E-state index is 13.1. The number of halogens is 2. The van der Waals surface area contributed by atoms with Crippen LogP contribution in [0.15, 0.2) is 54.7 Å². The lowest BCUT2D eigenvalue weighted by atomic mass is 9.92. The first-order valence-electron chi connectivity index (χ1n) is 12.8. The third kappa shape index (κ3) is 7.55. The molecule has 4 rings (SSSR count). The molecular formula is C29H30Cl2N6O5. The summed E-state index contributed by atoms with van der Waals surface area (Å²) in [6.45, 7) is 6.06. The van der Waals surface area contributed by atoms with Crippen LogP contribution in [-0.2, 0) is 21.4 Å². The van der Waals surface area contributed by atoms with Crippen molar-refractivity contribution in [1.29, 1.82) is 0 Å². The number of anilines is 2. The minimum Gasteiger partial charge on any atom is -0.497 e. The Balaban J connectivity index is 1.50. The van der Waals surface area contributed by atoms with Crippen molar-refractivity contribution < 1.29 is 23.8 Å². The summed E-state index contributed by atoms with van der Waals surface area (Å²) in [5.74, 6) is 1.62. The van der Waals surface area contributed by atoms with Gasteiger partial charge in [-0.1, -0.05) is 44.0 Å². The average Bonchev–Trinajstić information content (AvgIpc) is 3.37. The number of benzene rings is 2. The highest BCUT2D eigenvalue weighted by atomic mass is 35.5. The molecular weight excluding hydrogens is 583 g/mol. The zero-order valence-corrected chi connectivity index (χ0v) is 25.2. The maximum Gasteiger partial charge on any atom is 0.324 e. The molecule has 0 spiro atoms. The second kappa shape index (κ2) is 13.2. The van der Waals surface area contributed by atoms with Crippen molar-refractivity contribution in [3.05, 3.63) is 76.3 Å². The molecule has 42 heavy (non-hydrogen) atoms. The summed E-state index contributed by atoms with van der Waals surface area (Å²) in [4.78, 5) is 33.2. The van der Waals surface area contributed by atoms with Crippen molar-refractivity contribution >= 4 is 46.5 Å². The molecule has 4 aromatic rings. The lowest BCUT2D eigenvalue weighted by Gasteiger charge is -2.14. The van der Waals surface area contributed by atoms with Crippen LogP contribution in [0.1, 0.15) is 32.3 Å². The molecule has 2 aromatic heterocycles. The van der Waals surface area contributed by atoms with E-state index in [1.807, 2.05) is 51.1 Å². The van der Waals surface area contributed by atoms with Gasteiger partial charge in [-0.2, -0.15) is 10.1 Å². The first-order valence-corrected chi connectivity index (χ1v) is 13.6. The molecule has 0 radical (unpaired) electrons. The van der Waals surface area contributed by atoms with Crippen LogP contribution < -0.4 is 20.1 Å². The van der Waals surface area contributed by atoms with Crippen LogP contribution >= 0.6 is 23.2 Å². The van der Waals surface area contributed by atoms with E-state index in [0.717, 1.165) is 11.4 Å². The number of carbonyl (C=O) groups excluding carboxylic acids is 2. The SMILES string of the molecule is COCC(=O)Cc1nccc(Oc2ccc(NC(=O)Nc3cc(C(C)(C)C)nn3-c3ccc(OC)cc3)c(Cl)c2Cl)n1. The number of nitrogens with zero attached hydrogens (tertiary/aromatic N) is 4. The maximum atomic E-state index is 13.1. The summed E-state index contributed by atoms with van der Waals surface area (Å²) in [6, 6.07) is 13.2. The monoisotopic (exact) mass is 612 g/mol. The van der Waals surface area contributed by atoms with E-state index >= 15 is 0 Å². The Morgan fingerprint density at radius 3 is 2.38 bits per heavy atom. The largest absolute Gasteiger partial charge is 0.497 e. The minimum atomic E-state index is -0.557. The number of nitrogens with one attached hydrogen (secondary N) is 2. The van der Waals surface area contributed by atoms with Crippen molar-refractivity contribution in [3.63, 3.8) is 0 Å². The van der Waals surface area contributed by atoms with Gasteiger partial charge in [-0.3, -0.25) is 10.1 Å². The van der Waals surface area contributed by atoms with E-state index in [1.165, 1.54) is 19.4 Å².